The largest absolute Gasteiger partial charge is 0.497 e. The summed E-state index contributed by atoms with van der Waals surface area (Å²) in [4.78, 5) is 24.3. The number of nitrogens with one attached hydrogen (secondary N) is 1. The molecule has 1 N–H and O–H groups in total. The zero-order chi connectivity index (χ0) is 19.2. The second-order valence-electron chi connectivity index (χ2n) is 6.83. The molecule has 0 aliphatic heterocycles. The molecule has 1 amide bonds. The van der Waals surface area contributed by atoms with Gasteiger partial charge in [0.15, 0.2) is 6.10 Å². The smallest absolute Gasteiger partial charge is 0.311 e. The van der Waals surface area contributed by atoms with E-state index in [4.69, 9.17) is 9.47 Å². The van der Waals surface area contributed by atoms with Crippen LogP contribution in [0.25, 0.3) is 0 Å². The number of hydrogen-bond acceptors (Lipinski definition) is 4. The molecule has 0 bridgehead atoms. The number of carbonyl (C=O) groups excluding carboxylic acids is 2. The summed E-state index contributed by atoms with van der Waals surface area (Å²) in [6.07, 6.45) is 2.72. The van der Waals surface area contributed by atoms with Crippen LogP contribution in [-0.2, 0) is 40.1 Å². The van der Waals surface area contributed by atoms with E-state index in [1.807, 2.05) is 30.3 Å². The molecule has 3 rings (SSSR count). The van der Waals surface area contributed by atoms with Crippen molar-refractivity contribution >= 4 is 11.9 Å². The first-order chi connectivity index (χ1) is 13.0. The van der Waals surface area contributed by atoms with E-state index in [-0.39, 0.29) is 18.3 Å². The number of aryl methyl sites for hydroxylation is 2. The average molecular weight is 367 g/mol. The molecule has 27 heavy (non-hydrogen) atoms. The van der Waals surface area contributed by atoms with Crippen LogP contribution in [0.4, 0.5) is 0 Å². The first-order valence-corrected chi connectivity index (χ1v) is 9.26. The predicted octanol–water partition coefficient (Wildman–Crippen LogP) is 2.97. The second kappa shape index (κ2) is 8.71. The van der Waals surface area contributed by atoms with Crippen molar-refractivity contribution in [1.29, 1.82) is 0 Å². The zero-order valence-electron chi connectivity index (χ0n) is 15.8. The molecule has 0 fully saturated rings. The van der Waals surface area contributed by atoms with Crippen molar-refractivity contribution in [1.82, 2.24) is 5.32 Å². The molecular formula is C22H25NO4. The van der Waals surface area contributed by atoms with Gasteiger partial charge in [0.2, 0.25) is 0 Å². The molecule has 142 valence electrons. The van der Waals surface area contributed by atoms with Crippen molar-refractivity contribution in [2.45, 2.75) is 45.3 Å². The summed E-state index contributed by atoms with van der Waals surface area (Å²) in [6, 6.07) is 13.6. The number of hydrogen-bond donors (Lipinski definition) is 1. The molecule has 0 aromatic heterocycles. The summed E-state index contributed by atoms with van der Waals surface area (Å²) in [5, 5.41) is 2.78. The lowest BCUT2D eigenvalue weighted by atomic mass is 10.0. The number of rotatable bonds is 7. The predicted molar refractivity (Wildman–Crippen MR) is 103 cm³/mol. The Morgan fingerprint density at radius 2 is 1.74 bits per heavy atom. The number of benzene rings is 2. The fourth-order valence-electron chi connectivity index (χ4n) is 3.27. The van der Waals surface area contributed by atoms with Gasteiger partial charge in [-0.2, -0.15) is 0 Å². The van der Waals surface area contributed by atoms with Gasteiger partial charge >= 0.3 is 5.97 Å². The summed E-state index contributed by atoms with van der Waals surface area (Å²) in [7, 11) is 1.61. The maximum absolute atomic E-state index is 12.2. The molecule has 0 saturated carbocycles. The summed E-state index contributed by atoms with van der Waals surface area (Å²) in [5.74, 6) is 0.0621. The molecule has 0 heterocycles. The summed E-state index contributed by atoms with van der Waals surface area (Å²) >= 11 is 0. The molecule has 1 aliphatic rings. The Balaban J connectivity index is 1.46. The quantitative estimate of drug-likeness (QED) is 0.764. The van der Waals surface area contributed by atoms with Crippen LogP contribution in [0.1, 0.15) is 35.6 Å². The minimum absolute atomic E-state index is 0.184. The first kappa shape index (κ1) is 19.0. The Bertz CT molecular complexity index is 814. The highest BCUT2D eigenvalue weighted by Crippen LogP contribution is 2.23. The van der Waals surface area contributed by atoms with Crippen molar-refractivity contribution in [2.24, 2.45) is 0 Å². The molecule has 2 aromatic rings. The Morgan fingerprint density at radius 1 is 1.04 bits per heavy atom. The van der Waals surface area contributed by atoms with Gasteiger partial charge in [-0.05, 0) is 60.6 Å². The van der Waals surface area contributed by atoms with Gasteiger partial charge in [-0.3, -0.25) is 9.59 Å². The number of amides is 1. The van der Waals surface area contributed by atoms with Crippen LogP contribution in [0.3, 0.4) is 0 Å². The van der Waals surface area contributed by atoms with Crippen LogP contribution in [0.2, 0.25) is 0 Å². The first-order valence-electron chi connectivity index (χ1n) is 9.26. The molecule has 0 spiro atoms. The molecule has 1 aliphatic carbocycles. The van der Waals surface area contributed by atoms with Crippen molar-refractivity contribution < 1.29 is 19.1 Å². The van der Waals surface area contributed by atoms with Gasteiger partial charge in [-0.25, -0.2) is 0 Å². The number of carbonyl (C=O) groups is 2. The van der Waals surface area contributed by atoms with Crippen molar-refractivity contribution in [2.75, 3.05) is 7.11 Å². The summed E-state index contributed by atoms with van der Waals surface area (Å²) in [6.45, 7) is 1.96. The van der Waals surface area contributed by atoms with E-state index in [1.54, 1.807) is 14.0 Å². The minimum atomic E-state index is -0.829. The Labute approximate surface area is 159 Å². The molecular weight excluding hydrogens is 342 g/mol. The van der Waals surface area contributed by atoms with Crippen LogP contribution < -0.4 is 10.1 Å². The number of esters is 1. The van der Waals surface area contributed by atoms with Crippen molar-refractivity contribution in [3.8, 4) is 5.75 Å². The van der Waals surface area contributed by atoms with E-state index >= 15 is 0 Å². The average Bonchev–Trinajstić information content (AvgIpc) is 3.14. The van der Waals surface area contributed by atoms with E-state index in [0.717, 1.165) is 29.7 Å². The van der Waals surface area contributed by atoms with Crippen molar-refractivity contribution in [3.05, 3.63) is 64.7 Å². The monoisotopic (exact) mass is 367 g/mol. The molecule has 0 radical (unpaired) electrons. The van der Waals surface area contributed by atoms with Gasteiger partial charge in [-0.15, -0.1) is 0 Å². The Kier molecular flexibility index (Phi) is 6.12. The molecule has 1 atom stereocenters. The molecule has 5 nitrogen and oxygen atoms in total. The van der Waals surface area contributed by atoms with Crippen LogP contribution in [0.15, 0.2) is 42.5 Å². The summed E-state index contributed by atoms with van der Waals surface area (Å²) < 4.78 is 10.4. The zero-order valence-corrected chi connectivity index (χ0v) is 15.8. The van der Waals surface area contributed by atoms with Gasteiger partial charge in [-0.1, -0.05) is 30.3 Å². The highest BCUT2D eigenvalue weighted by molar-refractivity contribution is 5.83. The van der Waals surface area contributed by atoms with E-state index in [0.29, 0.717) is 6.54 Å². The van der Waals surface area contributed by atoms with E-state index in [2.05, 4.69) is 17.4 Å². The van der Waals surface area contributed by atoms with Crippen LogP contribution in [-0.4, -0.2) is 25.1 Å². The maximum Gasteiger partial charge on any atom is 0.311 e. The second-order valence-corrected chi connectivity index (χ2v) is 6.83. The highest BCUT2D eigenvalue weighted by atomic mass is 16.5. The van der Waals surface area contributed by atoms with Gasteiger partial charge < -0.3 is 14.8 Å². The SMILES string of the molecule is COc1ccc(CNC(=O)[C@H](C)OC(=O)Cc2ccc3c(c2)CCC3)cc1. The minimum Gasteiger partial charge on any atom is -0.497 e. The van der Waals surface area contributed by atoms with Crippen LogP contribution in [0.5, 0.6) is 5.75 Å². The van der Waals surface area contributed by atoms with Crippen molar-refractivity contribution in [3.63, 3.8) is 0 Å². The Morgan fingerprint density at radius 3 is 2.48 bits per heavy atom. The third-order valence-electron chi connectivity index (χ3n) is 4.81. The molecule has 0 saturated heterocycles. The van der Waals surface area contributed by atoms with E-state index in [9.17, 15) is 9.59 Å². The standard InChI is InChI=1S/C22H25NO4/c1-15(22(25)23-14-16-7-10-20(26-2)11-8-16)27-21(24)13-17-6-9-18-4-3-5-19(18)12-17/h6-12,15H,3-5,13-14H2,1-2H3,(H,23,25)/t15-/m0/s1. The van der Waals surface area contributed by atoms with Crippen LogP contribution in [0, 0.1) is 0 Å². The van der Waals surface area contributed by atoms with Gasteiger partial charge in [0.25, 0.3) is 5.91 Å². The summed E-state index contributed by atoms with van der Waals surface area (Å²) in [5.41, 5.74) is 4.58. The topological polar surface area (TPSA) is 64.6 Å². The Hall–Kier alpha value is -2.82. The highest BCUT2D eigenvalue weighted by Gasteiger charge is 2.18. The fourth-order valence-corrected chi connectivity index (χ4v) is 3.27. The fraction of sp³-hybridized carbons (Fsp3) is 0.364. The lowest BCUT2D eigenvalue weighted by Gasteiger charge is -2.14. The number of ether oxygens (including phenoxy) is 2. The molecule has 0 unspecified atom stereocenters. The van der Waals surface area contributed by atoms with Gasteiger partial charge in [0, 0.05) is 6.54 Å². The van der Waals surface area contributed by atoms with Gasteiger partial charge in [0.05, 0.1) is 13.5 Å². The van der Waals surface area contributed by atoms with Gasteiger partial charge in [0.1, 0.15) is 5.75 Å². The lowest BCUT2D eigenvalue weighted by Crippen LogP contribution is -2.35. The third kappa shape index (κ3) is 5.09. The molecule has 2 aromatic carbocycles. The molecule has 5 heteroatoms. The normalized spacial score (nSPS) is 13.6. The van der Waals surface area contributed by atoms with E-state index in [1.165, 1.54) is 17.5 Å². The maximum atomic E-state index is 12.2. The number of fused-ring (bicyclic) bond motifs is 1. The van der Waals surface area contributed by atoms with E-state index < -0.39 is 6.10 Å². The third-order valence-corrected chi connectivity index (χ3v) is 4.81. The van der Waals surface area contributed by atoms with Crippen LogP contribution >= 0.6 is 0 Å². The number of methoxy groups -OCH3 is 1. The lowest BCUT2D eigenvalue weighted by molar-refractivity contribution is -0.154.